The van der Waals surface area contributed by atoms with Crippen molar-refractivity contribution in [1.29, 1.82) is 0 Å². The highest BCUT2D eigenvalue weighted by Crippen LogP contribution is 2.09. The van der Waals surface area contributed by atoms with Gasteiger partial charge < -0.3 is 10.6 Å². The topological polar surface area (TPSA) is 66.9 Å². The predicted octanol–water partition coefficient (Wildman–Crippen LogP) is -0.204. The second-order valence-corrected chi connectivity index (χ2v) is 4.18. The molecule has 1 aromatic heterocycles. The number of aryl methyl sites for hydroxylation is 1. The molecule has 14 heavy (non-hydrogen) atoms. The molecule has 0 bridgehead atoms. The maximum atomic E-state index is 11.6. The molecule has 6 heteroatoms. The summed E-state index contributed by atoms with van der Waals surface area (Å²) in [5.74, 6) is 0.532. The smallest absolute Gasteiger partial charge is 0.264 e. The molecule has 5 nitrogen and oxygen atoms in total. The molecule has 2 heterocycles. The summed E-state index contributed by atoms with van der Waals surface area (Å²) in [5, 5.41) is 9.83. The second-order valence-electron chi connectivity index (χ2n) is 3.42. The third kappa shape index (κ3) is 1.91. The summed E-state index contributed by atoms with van der Waals surface area (Å²) < 4.78 is 3.72. The van der Waals surface area contributed by atoms with Crippen LogP contribution >= 0.6 is 11.5 Å². The van der Waals surface area contributed by atoms with Crippen LogP contribution in [-0.2, 0) is 0 Å². The van der Waals surface area contributed by atoms with Crippen molar-refractivity contribution in [3.8, 4) is 0 Å². The Labute approximate surface area is 86.1 Å². The number of nitrogens with zero attached hydrogens (tertiary/aromatic N) is 2. The number of carbonyl (C=O) groups is 1. The van der Waals surface area contributed by atoms with Gasteiger partial charge in [-0.25, -0.2) is 0 Å². The van der Waals surface area contributed by atoms with Crippen molar-refractivity contribution < 1.29 is 4.79 Å². The zero-order valence-corrected chi connectivity index (χ0v) is 8.73. The van der Waals surface area contributed by atoms with Crippen molar-refractivity contribution in [2.24, 2.45) is 5.92 Å². The van der Waals surface area contributed by atoms with Crippen LogP contribution in [0.3, 0.4) is 0 Å². The van der Waals surface area contributed by atoms with Crippen LogP contribution in [0.4, 0.5) is 0 Å². The van der Waals surface area contributed by atoms with Crippen LogP contribution in [0.25, 0.3) is 0 Å². The Morgan fingerprint density at radius 1 is 1.71 bits per heavy atom. The maximum absolute atomic E-state index is 11.6. The van der Waals surface area contributed by atoms with E-state index >= 15 is 0 Å². The van der Waals surface area contributed by atoms with Gasteiger partial charge in [-0.3, -0.25) is 4.79 Å². The fourth-order valence-electron chi connectivity index (χ4n) is 1.25. The number of rotatable bonds is 3. The fourth-order valence-corrected chi connectivity index (χ4v) is 1.82. The van der Waals surface area contributed by atoms with Gasteiger partial charge in [-0.15, -0.1) is 5.10 Å². The molecule has 0 radical (unpaired) electrons. The van der Waals surface area contributed by atoms with Crippen molar-refractivity contribution >= 4 is 17.4 Å². The number of carbonyl (C=O) groups excluding carboxylic acids is 1. The first-order chi connectivity index (χ1) is 6.77. The Morgan fingerprint density at radius 2 is 2.50 bits per heavy atom. The lowest BCUT2D eigenvalue weighted by Gasteiger charge is -2.26. The van der Waals surface area contributed by atoms with E-state index < -0.39 is 0 Å². The molecule has 0 aromatic carbocycles. The van der Waals surface area contributed by atoms with Crippen molar-refractivity contribution in [1.82, 2.24) is 20.2 Å². The molecule has 0 aliphatic carbocycles. The molecular formula is C8H12N4OS. The normalized spacial score (nSPS) is 16.4. The summed E-state index contributed by atoms with van der Waals surface area (Å²) in [7, 11) is 0. The molecule has 0 saturated carbocycles. The molecule has 1 fully saturated rings. The Hall–Kier alpha value is -1.01. The van der Waals surface area contributed by atoms with Gasteiger partial charge in [0, 0.05) is 25.6 Å². The van der Waals surface area contributed by atoms with E-state index in [4.69, 9.17) is 0 Å². The molecule has 1 aliphatic heterocycles. The third-order valence-corrected chi connectivity index (χ3v) is 3.10. The average Bonchev–Trinajstić information content (AvgIpc) is 2.48. The number of hydrogen-bond donors (Lipinski definition) is 2. The van der Waals surface area contributed by atoms with Gasteiger partial charge >= 0.3 is 0 Å². The number of amides is 1. The standard InChI is InChI=1S/C8H12N4OS/c1-5-7(14-12-11-5)8(13)10-4-6-2-9-3-6/h6,9H,2-4H2,1H3,(H,10,13). The van der Waals surface area contributed by atoms with Crippen LogP contribution in [-0.4, -0.2) is 35.1 Å². The van der Waals surface area contributed by atoms with E-state index in [-0.39, 0.29) is 5.91 Å². The molecule has 0 atom stereocenters. The van der Waals surface area contributed by atoms with Crippen LogP contribution in [0.2, 0.25) is 0 Å². The van der Waals surface area contributed by atoms with Gasteiger partial charge in [0.05, 0.1) is 5.69 Å². The van der Waals surface area contributed by atoms with Crippen molar-refractivity contribution in [3.63, 3.8) is 0 Å². The zero-order valence-electron chi connectivity index (χ0n) is 7.91. The zero-order chi connectivity index (χ0) is 9.97. The predicted molar refractivity (Wildman–Crippen MR) is 53.3 cm³/mol. The van der Waals surface area contributed by atoms with Gasteiger partial charge in [0.2, 0.25) is 0 Å². The largest absolute Gasteiger partial charge is 0.351 e. The second kappa shape index (κ2) is 4.02. The van der Waals surface area contributed by atoms with Gasteiger partial charge in [0.1, 0.15) is 4.88 Å². The fraction of sp³-hybridized carbons (Fsp3) is 0.625. The number of nitrogens with one attached hydrogen (secondary N) is 2. The first-order valence-corrected chi connectivity index (χ1v) is 5.32. The summed E-state index contributed by atoms with van der Waals surface area (Å²) in [6.45, 7) is 4.53. The van der Waals surface area contributed by atoms with Crippen LogP contribution in [0.15, 0.2) is 0 Å². The molecule has 1 aromatic rings. The van der Waals surface area contributed by atoms with E-state index in [9.17, 15) is 4.79 Å². The van der Waals surface area contributed by atoms with Crippen molar-refractivity contribution in [3.05, 3.63) is 10.6 Å². The lowest BCUT2D eigenvalue weighted by atomic mass is 10.0. The minimum atomic E-state index is -0.0515. The van der Waals surface area contributed by atoms with Crippen LogP contribution < -0.4 is 10.6 Å². The molecule has 0 unspecified atom stereocenters. The van der Waals surface area contributed by atoms with E-state index in [1.165, 1.54) is 0 Å². The van der Waals surface area contributed by atoms with Crippen molar-refractivity contribution in [2.75, 3.05) is 19.6 Å². The van der Waals surface area contributed by atoms with E-state index in [1.54, 1.807) is 6.92 Å². The van der Waals surface area contributed by atoms with Gasteiger partial charge in [-0.05, 0) is 18.5 Å². The van der Waals surface area contributed by atoms with E-state index in [2.05, 4.69) is 20.2 Å². The number of hydrogen-bond acceptors (Lipinski definition) is 5. The lowest BCUT2D eigenvalue weighted by molar-refractivity contribution is 0.0945. The quantitative estimate of drug-likeness (QED) is 0.728. The van der Waals surface area contributed by atoms with E-state index in [1.807, 2.05) is 0 Å². The Balaban J connectivity index is 1.86. The van der Waals surface area contributed by atoms with Gasteiger partial charge in [0.15, 0.2) is 0 Å². The van der Waals surface area contributed by atoms with Gasteiger partial charge in [0.25, 0.3) is 5.91 Å². The minimum Gasteiger partial charge on any atom is -0.351 e. The molecular weight excluding hydrogens is 200 g/mol. The number of aromatic nitrogens is 2. The Bertz CT molecular complexity index is 334. The average molecular weight is 212 g/mol. The summed E-state index contributed by atoms with van der Waals surface area (Å²) in [6.07, 6.45) is 0. The highest BCUT2D eigenvalue weighted by molar-refractivity contribution is 7.07. The molecule has 0 spiro atoms. The molecule has 2 rings (SSSR count). The monoisotopic (exact) mass is 212 g/mol. The molecule has 1 aliphatic rings. The van der Waals surface area contributed by atoms with E-state index in [0.717, 1.165) is 31.2 Å². The first-order valence-electron chi connectivity index (χ1n) is 4.55. The molecule has 1 amide bonds. The lowest BCUT2D eigenvalue weighted by Crippen LogP contribution is -2.48. The molecule has 2 N–H and O–H groups in total. The minimum absolute atomic E-state index is 0.0515. The third-order valence-electron chi connectivity index (χ3n) is 2.28. The highest BCUT2D eigenvalue weighted by Gasteiger charge is 2.19. The molecule has 76 valence electrons. The highest BCUT2D eigenvalue weighted by atomic mass is 32.1. The SMILES string of the molecule is Cc1nnsc1C(=O)NCC1CNC1. The Morgan fingerprint density at radius 3 is 3.00 bits per heavy atom. The maximum Gasteiger partial charge on any atom is 0.264 e. The summed E-state index contributed by atoms with van der Waals surface area (Å²) in [5.41, 5.74) is 0.708. The van der Waals surface area contributed by atoms with Gasteiger partial charge in [-0.1, -0.05) is 4.49 Å². The van der Waals surface area contributed by atoms with Crippen LogP contribution in [0, 0.1) is 12.8 Å². The van der Waals surface area contributed by atoms with Crippen LogP contribution in [0.5, 0.6) is 0 Å². The summed E-state index contributed by atoms with van der Waals surface area (Å²) >= 11 is 1.15. The van der Waals surface area contributed by atoms with E-state index in [0.29, 0.717) is 16.5 Å². The summed E-state index contributed by atoms with van der Waals surface area (Å²) in [4.78, 5) is 12.2. The van der Waals surface area contributed by atoms with Crippen molar-refractivity contribution in [2.45, 2.75) is 6.92 Å². The summed E-state index contributed by atoms with van der Waals surface area (Å²) in [6, 6.07) is 0. The molecule has 1 saturated heterocycles. The Kier molecular flexibility index (Phi) is 2.74. The van der Waals surface area contributed by atoms with Crippen LogP contribution in [0.1, 0.15) is 15.4 Å². The van der Waals surface area contributed by atoms with Gasteiger partial charge in [-0.2, -0.15) is 0 Å². The first kappa shape index (κ1) is 9.54.